The van der Waals surface area contributed by atoms with Crippen molar-refractivity contribution < 1.29 is 8.83 Å². The van der Waals surface area contributed by atoms with Gasteiger partial charge in [-0.2, -0.15) is 0 Å². The number of allylic oxidation sites excluding steroid dienone is 1. The van der Waals surface area contributed by atoms with Crippen molar-refractivity contribution in [1.29, 1.82) is 0 Å². The summed E-state index contributed by atoms with van der Waals surface area (Å²) >= 11 is 7.41. The van der Waals surface area contributed by atoms with Gasteiger partial charge >= 0.3 is 0 Å². The number of hydrogen-bond acceptors (Lipinski definition) is 6. The lowest BCUT2D eigenvalue weighted by Crippen LogP contribution is -2.00. The monoisotopic (exact) mass is 398 g/mol. The molecule has 0 aliphatic heterocycles. The maximum Gasteiger partial charge on any atom is 0.205 e. The third-order valence-electron chi connectivity index (χ3n) is 3.78. The van der Waals surface area contributed by atoms with E-state index >= 15 is 0 Å². The second kappa shape index (κ2) is 7.85. The first-order chi connectivity index (χ1) is 13.2. The van der Waals surface area contributed by atoms with Crippen molar-refractivity contribution in [3.8, 4) is 22.9 Å². The molecule has 0 unspecified atom stereocenters. The second-order valence-electron chi connectivity index (χ2n) is 5.60. The van der Waals surface area contributed by atoms with Crippen molar-refractivity contribution in [2.75, 3.05) is 0 Å². The van der Waals surface area contributed by atoms with Gasteiger partial charge in [0, 0.05) is 17.1 Å². The number of rotatable bonds is 7. The third kappa shape index (κ3) is 3.84. The molecule has 1 aromatic carbocycles. The van der Waals surface area contributed by atoms with Gasteiger partial charge in [-0.05, 0) is 36.4 Å². The molecule has 0 aliphatic carbocycles. The molecular weight excluding hydrogens is 384 g/mol. The van der Waals surface area contributed by atoms with Crippen LogP contribution in [-0.4, -0.2) is 19.7 Å². The lowest BCUT2D eigenvalue weighted by atomic mass is 10.2. The zero-order valence-electron chi connectivity index (χ0n) is 14.2. The normalized spacial score (nSPS) is 11.0. The van der Waals surface area contributed by atoms with Crippen LogP contribution in [0.15, 0.2) is 75.5 Å². The second-order valence-corrected chi connectivity index (χ2v) is 6.98. The van der Waals surface area contributed by atoms with Crippen molar-refractivity contribution in [1.82, 2.24) is 19.7 Å². The average Bonchev–Trinajstić information content (AvgIpc) is 3.42. The van der Waals surface area contributed by atoms with Crippen LogP contribution in [0.5, 0.6) is 0 Å². The lowest BCUT2D eigenvalue weighted by molar-refractivity contribution is 0.529. The van der Waals surface area contributed by atoms with Crippen LogP contribution >= 0.6 is 23.4 Å². The van der Waals surface area contributed by atoms with Crippen LogP contribution in [0.4, 0.5) is 0 Å². The van der Waals surface area contributed by atoms with Gasteiger partial charge in [-0.1, -0.05) is 29.4 Å². The van der Waals surface area contributed by atoms with Gasteiger partial charge in [0.2, 0.25) is 11.7 Å². The maximum absolute atomic E-state index is 5.92. The van der Waals surface area contributed by atoms with Crippen LogP contribution in [0.3, 0.4) is 0 Å². The van der Waals surface area contributed by atoms with E-state index in [1.54, 1.807) is 18.5 Å². The summed E-state index contributed by atoms with van der Waals surface area (Å²) in [6, 6.07) is 11.1. The fraction of sp³-hybridized carbons (Fsp3) is 0.105. The minimum Gasteiger partial charge on any atom is -0.461 e. The van der Waals surface area contributed by atoms with Gasteiger partial charge in [0.25, 0.3) is 0 Å². The van der Waals surface area contributed by atoms with E-state index in [2.05, 4.69) is 21.8 Å². The Hall–Kier alpha value is -2.77. The van der Waals surface area contributed by atoms with Gasteiger partial charge in [0.05, 0.1) is 18.2 Å². The number of aromatic nitrogens is 4. The number of oxazole rings is 1. The van der Waals surface area contributed by atoms with Gasteiger partial charge < -0.3 is 8.83 Å². The Bertz CT molecular complexity index is 1040. The highest BCUT2D eigenvalue weighted by molar-refractivity contribution is 7.98. The number of benzene rings is 1. The first kappa shape index (κ1) is 17.6. The highest BCUT2D eigenvalue weighted by Crippen LogP contribution is 2.28. The summed E-state index contributed by atoms with van der Waals surface area (Å²) in [5.41, 5.74) is 0.929. The highest BCUT2D eigenvalue weighted by Gasteiger charge is 2.16. The van der Waals surface area contributed by atoms with Crippen molar-refractivity contribution in [3.63, 3.8) is 0 Å². The summed E-state index contributed by atoms with van der Waals surface area (Å²) in [7, 11) is 0. The van der Waals surface area contributed by atoms with Gasteiger partial charge in [-0.3, -0.25) is 4.57 Å². The van der Waals surface area contributed by atoms with E-state index in [9.17, 15) is 0 Å². The molecule has 0 saturated carbocycles. The van der Waals surface area contributed by atoms with Crippen LogP contribution < -0.4 is 0 Å². The zero-order valence-corrected chi connectivity index (χ0v) is 15.8. The molecule has 0 radical (unpaired) electrons. The Morgan fingerprint density at radius 1 is 1.15 bits per heavy atom. The van der Waals surface area contributed by atoms with E-state index in [0.29, 0.717) is 40.6 Å². The van der Waals surface area contributed by atoms with Crippen molar-refractivity contribution in [2.45, 2.75) is 17.5 Å². The summed E-state index contributed by atoms with van der Waals surface area (Å²) in [5.74, 6) is 3.17. The summed E-state index contributed by atoms with van der Waals surface area (Å²) in [6.45, 7) is 4.38. The average molecular weight is 399 g/mol. The van der Waals surface area contributed by atoms with E-state index in [1.807, 2.05) is 41.0 Å². The molecule has 27 heavy (non-hydrogen) atoms. The lowest BCUT2D eigenvalue weighted by Gasteiger charge is -2.05. The number of nitrogens with zero attached hydrogens (tertiary/aromatic N) is 4. The number of furan rings is 1. The molecule has 4 rings (SSSR count). The molecule has 0 aliphatic rings. The van der Waals surface area contributed by atoms with Crippen LogP contribution in [0.1, 0.15) is 5.89 Å². The molecule has 0 atom stereocenters. The molecule has 3 heterocycles. The molecule has 8 heteroatoms. The number of halogens is 1. The van der Waals surface area contributed by atoms with Gasteiger partial charge in [0.1, 0.15) is 0 Å². The summed E-state index contributed by atoms with van der Waals surface area (Å²) in [6.07, 6.45) is 5.12. The van der Waals surface area contributed by atoms with E-state index < -0.39 is 0 Å². The largest absolute Gasteiger partial charge is 0.461 e. The first-order valence-electron chi connectivity index (χ1n) is 8.16. The first-order valence-corrected chi connectivity index (χ1v) is 9.52. The van der Waals surface area contributed by atoms with E-state index in [0.717, 1.165) is 10.7 Å². The summed E-state index contributed by atoms with van der Waals surface area (Å²) in [4.78, 5) is 4.35. The third-order valence-corrected chi connectivity index (χ3v) is 4.98. The van der Waals surface area contributed by atoms with Crippen LogP contribution in [0, 0.1) is 0 Å². The molecule has 0 N–H and O–H groups in total. The Kier molecular flexibility index (Phi) is 5.13. The molecule has 0 fully saturated rings. The molecule has 0 amide bonds. The van der Waals surface area contributed by atoms with Crippen molar-refractivity contribution >= 4 is 23.4 Å². The molecule has 6 nitrogen and oxygen atoms in total. The number of hydrogen-bond donors (Lipinski definition) is 0. The molecular formula is C19H15ClN4O2S. The SMILES string of the molecule is C=CCn1c(SCc2ncc(-c3ccc(Cl)cc3)o2)nnc1-c1ccco1. The predicted molar refractivity (Wildman–Crippen MR) is 104 cm³/mol. The molecule has 0 spiro atoms. The predicted octanol–water partition coefficient (Wildman–Crippen LogP) is 5.32. The Balaban J connectivity index is 1.51. The van der Waals surface area contributed by atoms with Crippen molar-refractivity contribution in [3.05, 3.63) is 72.4 Å². The van der Waals surface area contributed by atoms with Crippen LogP contribution in [0.2, 0.25) is 5.02 Å². The zero-order chi connectivity index (χ0) is 18.6. The number of thioether (sulfide) groups is 1. The van der Waals surface area contributed by atoms with Crippen LogP contribution in [-0.2, 0) is 12.3 Å². The molecule has 3 aromatic heterocycles. The standard InChI is InChI=1S/C19H15ClN4O2S/c1-2-9-24-18(15-4-3-10-25-15)22-23-19(24)27-12-17-21-11-16(26-17)13-5-7-14(20)8-6-13/h2-8,10-11H,1,9,12H2. The minimum absolute atomic E-state index is 0.529. The molecule has 0 bridgehead atoms. The topological polar surface area (TPSA) is 69.9 Å². The maximum atomic E-state index is 5.92. The summed E-state index contributed by atoms with van der Waals surface area (Å²) in [5, 5.41) is 9.93. The molecule has 136 valence electrons. The minimum atomic E-state index is 0.529. The molecule has 4 aromatic rings. The van der Waals surface area contributed by atoms with Crippen molar-refractivity contribution in [2.24, 2.45) is 0 Å². The van der Waals surface area contributed by atoms with Gasteiger partial charge in [-0.15, -0.1) is 16.8 Å². The molecule has 0 saturated heterocycles. The van der Waals surface area contributed by atoms with E-state index in [-0.39, 0.29) is 0 Å². The summed E-state index contributed by atoms with van der Waals surface area (Å²) < 4.78 is 13.2. The van der Waals surface area contributed by atoms with E-state index in [4.69, 9.17) is 20.4 Å². The Morgan fingerprint density at radius 3 is 2.74 bits per heavy atom. The van der Waals surface area contributed by atoms with Crippen LogP contribution in [0.25, 0.3) is 22.9 Å². The fourth-order valence-electron chi connectivity index (χ4n) is 2.53. The van der Waals surface area contributed by atoms with Gasteiger partial charge in [-0.25, -0.2) is 4.98 Å². The quantitative estimate of drug-likeness (QED) is 0.310. The van der Waals surface area contributed by atoms with E-state index in [1.165, 1.54) is 11.8 Å². The fourth-order valence-corrected chi connectivity index (χ4v) is 3.46. The van der Waals surface area contributed by atoms with Gasteiger partial charge in [0.15, 0.2) is 16.7 Å². The smallest absolute Gasteiger partial charge is 0.205 e. The Morgan fingerprint density at radius 2 is 2.00 bits per heavy atom. The highest BCUT2D eigenvalue weighted by atomic mass is 35.5. The Labute approximate surface area is 164 Å².